The van der Waals surface area contributed by atoms with E-state index in [2.05, 4.69) is 27.7 Å². The summed E-state index contributed by atoms with van der Waals surface area (Å²) in [4.78, 5) is 0. The zero-order chi connectivity index (χ0) is 14.9. The largest absolute Gasteiger partial charge is 0.456 e. The van der Waals surface area contributed by atoms with Crippen LogP contribution in [0.4, 0.5) is 0 Å². The number of para-hydroxylation sites is 1. The quantitative estimate of drug-likeness (QED) is 0.804. The number of aliphatic hydroxyl groups is 1. The molecular weight excluding hydrogens is 272 g/mol. The Morgan fingerprint density at radius 3 is 2.25 bits per heavy atom. The van der Waals surface area contributed by atoms with Crippen molar-refractivity contribution in [1.82, 2.24) is 0 Å². The zero-order valence-corrected chi connectivity index (χ0v) is 13.4. The minimum absolute atomic E-state index is 0.391. The molecule has 110 valence electrons. The summed E-state index contributed by atoms with van der Waals surface area (Å²) in [6.45, 7) is 8.45. The van der Waals surface area contributed by atoms with Crippen molar-refractivity contribution in [2.45, 2.75) is 46.1 Å². The lowest BCUT2D eigenvalue weighted by atomic mass is 9.83. The molecule has 1 heterocycles. The van der Waals surface area contributed by atoms with Crippen LogP contribution >= 0.6 is 11.6 Å². The van der Waals surface area contributed by atoms with Crippen LogP contribution in [0, 0.1) is 11.8 Å². The SMILES string of the molecule is CC(C)CC(O)(CC(C)C)c1cc2cccc(Cl)c2o1. The normalized spacial score (nSPS) is 12.8. The molecular formula is C17H23ClO2. The maximum atomic E-state index is 11.1. The second-order valence-corrected chi connectivity index (χ2v) is 6.90. The Hall–Kier alpha value is -0.990. The van der Waals surface area contributed by atoms with E-state index in [1.54, 1.807) is 6.07 Å². The second kappa shape index (κ2) is 5.79. The monoisotopic (exact) mass is 294 g/mol. The number of hydrogen-bond acceptors (Lipinski definition) is 2. The van der Waals surface area contributed by atoms with Gasteiger partial charge in [0, 0.05) is 5.39 Å². The minimum atomic E-state index is -0.926. The molecule has 0 bridgehead atoms. The van der Waals surface area contributed by atoms with Crippen molar-refractivity contribution in [2.75, 3.05) is 0 Å². The van der Waals surface area contributed by atoms with Gasteiger partial charge in [-0.05, 0) is 36.8 Å². The first-order valence-corrected chi connectivity index (χ1v) is 7.60. The fraction of sp³-hybridized carbons (Fsp3) is 0.529. The molecule has 1 aromatic heterocycles. The number of fused-ring (bicyclic) bond motifs is 1. The van der Waals surface area contributed by atoms with Gasteiger partial charge in [-0.1, -0.05) is 51.4 Å². The molecule has 2 rings (SSSR count). The summed E-state index contributed by atoms with van der Waals surface area (Å²) in [5.74, 6) is 1.41. The molecule has 0 fully saturated rings. The lowest BCUT2D eigenvalue weighted by Gasteiger charge is -2.29. The van der Waals surface area contributed by atoms with Gasteiger partial charge in [0.2, 0.25) is 0 Å². The first-order chi connectivity index (χ1) is 9.32. The summed E-state index contributed by atoms with van der Waals surface area (Å²) in [5, 5.41) is 12.6. The first-order valence-electron chi connectivity index (χ1n) is 7.23. The van der Waals surface area contributed by atoms with Crippen molar-refractivity contribution < 1.29 is 9.52 Å². The van der Waals surface area contributed by atoms with Crippen LogP contribution in [0.5, 0.6) is 0 Å². The van der Waals surface area contributed by atoms with Gasteiger partial charge in [0.15, 0.2) is 5.58 Å². The van der Waals surface area contributed by atoms with Gasteiger partial charge >= 0.3 is 0 Å². The average Bonchev–Trinajstić information content (AvgIpc) is 2.72. The van der Waals surface area contributed by atoms with E-state index in [9.17, 15) is 5.11 Å². The van der Waals surface area contributed by atoms with Gasteiger partial charge < -0.3 is 9.52 Å². The Labute approximate surface area is 125 Å². The molecule has 1 N–H and O–H groups in total. The number of hydrogen-bond donors (Lipinski definition) is 1. The summed E-state index contributed by atoms with van der Waals surface area (Å²) in [6.07, 6.45) is 1.37. The first kappa shape index (κ1) is 15.4. The molecule has 2 aromatic rings. The van der Waals surface area contributed by atoms with Crippen molar-refractivity contribution >= 4 is 22.6 Å². The van der Waals surface area contributed by atoms with E-state index >= 15 is 0 Å². The number of furan rings is 1. The van der Waals surface area contributed by atoms with Crippen LogP contribution in [-0.4, -0.2) is 5.11 Å². The van der Waals surface area contributed by atoms with E-state index < -0.39 is 5.60 Å². The van der Waals surface area contributed by atoms with Crippen molar-refractivity contribution in [2.24, 2.45) is 11.8 Å². The highest BCUT2D eigenvalue weighted by molar-refractivity contribution is 6.34. The highest BCUT2D eigenvalue weighted by atomic mass is 35.5. The summed E-state index contributed by atoms with van der Waals surface area (Å²) in [7, 11) is 0. The Bertz CT molecular complexity index is 574. The van der Waals surface area contributed by atoms with Crippen LogP contribution in [0.1, 0.15) is 46.3 Å². The van der Waals surface area contributed by atoms with E-state index in [4.69, 9.17) is 16.0 Å². The molecule has 0 saturated carbocycles. The highest BCUT2D eigenvalue weighted by Gasteiger charge is 2.34. The van der Waals surface area contributed by atoms with Gasteiger partial charge in [-0.25, -0.2) is 0 Å². The smallest absolute Gasteiger partial charge is 0.153 e. The maximum Gasteiger partial charge on any atom is 0.153 e. The van der Waals surface area contributed by atoms with Gasteiger partial charge in [-0.15, -0.1) is 0 Å². The molecule has 0 aliphatic carbocycles. The molecule has 0 unspecified atom stereocenters. The number of benzene rings is 1. The molecule has 3 heteroatoms. The van der Waals surface area contributed by atoms with Gasteiger partial charge in [-0.2, -0.15) is 0 Å². The number of rotatable bonds is 5. The van der Waals surface area contributed by atoms with E-state index in [1.165, 1.54) is 0 Å². The third kappa shape index (κ3) is 3.18. The van der Waals surface area contributed by atoms with Crippen LogP contribution in [0.25, 0.3) is 11.0 Å². The van der Waals surface area contributed by atoms with Crippen LogP contribution in [0.3, 0.4) is 0 Å². The topological polar surface area (TPSA) is 33.4 Å². The molecule has 2 nitrogen and oxygen atoms in total. The van der Waals surface area contributed by atoms with Crippen molar-refractivity contribution in [3.05, 3.63) is 35.0 Å². The molecule has 1 aromatic carbocycles. The Kier molecular flexibility index (Phi) is 4.46. The van der Waals surface area contributed by atoms with E-state index in [0.29, 0.717) is 41.0 Å². The highest BCUT2D eigenvalue weighted by Crippen LogP contribution is 2.39. The second-order valence-electron chi connectivity index (χ2n) is 6.50. The molecule has 0 aliphatic heterocycles. The van der Waals surface area contributed by atoms with Crippen molar-refractivity contribution in [1.29, 1.82) is 0 Å². The molecule has 0 amide bonds. The van der Waals surface area contributed by atoms with E-state index in [1.807, 2.05) is 18.2 Å². The van der Waals surface area contributed by atoms with Gasteiger partial charge in [0.1, 0.15) is 11.4 Å². The predicted molar refractivity (Wildman–Crippen MR) is 84.0 cm³/mol. The molecule has 0 aliphatic rings. The fourth-order valence-electron chi connectivity index (χ4n) is 2.89. The predicted octanol–water partition coefficient (Wildman–Crippen LogP) is 5.37. The van der Waals surface area contributed by atoms with Gasteiger partial charge in [-0.3, -0.25) is 0 Å². The zero-order valence-electron chi connectivity index (χ0n) is 12.6. The third-order valence-corrected chi connectivity index (χ3v) is 3.74. The van der Waals surface area contributed by atoms with E-state index in [-0.39, 0.29) is 0 Å². The standard InChI is InChI=1S/C17H23ClO2/c1-11(2)9-17(19,10-12(3)4)15-8-13-6-5-7-14(18)16(13)20-15/h5-8,11-12,19H,9-10H2,1-4H3. The fourth-order valence-corrected chi connectivity index (χ4v) is 3.11. The summed E-state index contributed by atoms with van der Waals surface area (Å²) >= 11 is 6.16. The molecule has 0 radical (unpaired) electrons. The van der Waals surface area contributed by atoms with Crippen LogP contribution < -0.4 is 0 Å². The Balaban J connectivity index is 2.47. The average molecular weight is 295 g/mol. The van der Waals surface area contributed by atoms with Crippen LogP contribution in [-0.2, 0) is 5.60 Å². The summed E-state index contributed by atoms with van der Waals surface area (Å²) < 4.78 is 5.88. The van der Waals surface area contributed by atoms with Gasteiger partial charge in [0.25, 0.3) is 0 Å². The summed E-state index contributed by atoms with van der Waals surface area (Å²) in [5.41, 5.74) is -0.264. The maximum absolute atomic E-state index is 11.1. The Morgan fingerprint density at radius 1 is 1.15 bits per heavy atom. The summed E-state index contributed by atoms with van der Waals surface area (Å²) in [6, 6.07) is 7.58. The van der Waals surface area contributed by atoms with Crippen molar-refractivity contribution in [3.63, 3.8) is 0 Å². The Morgan fingerprint density at radius 2 is 1.75 bits per heavy atom. The van der Waals surface area contributed by atoms with Crippen LogP contribution in [0.15, 0.2) is 28.7 Å². The van der Waals surface area contributed by atoms with Gasteiger partial charge in [0.05, 0.1) is 5.02 Å². The molecule has 20 heavy (non-hydrogen) atoms. The molecule has 0 spiro atoms. The number of halogens is 1. The van der Waals surface area contributed by atoms with E-state index in [0.717, 1.165) is 5.39 Å². The molecule has 0 atom stereocenters. The minimum Gasteiger partial charge on any atom is -0.456 e. The van der Waals surface area contributed by atoms with Crippen molar-refractivity contribution in [3.8, 4) is 0 Å². The van der Waals surface area contributed by atoms with Crippen LogP contribution in [0.2, 0.25) is 5.02 Å². The lowest BCUT2D eigenvalue weighted by molar-refractivity contribution is -0.0222. The molecule has 0 saturated heterocycles. The lowest BCUT2D eigenvalue weighted by Crippen LogP contribution is -2.29. The third-order valence-electron chi connectivity index (χ3n) is 3.45.